The van der Waals surface area contributed by atoms with E-state index in [2.05, 4.69) is 15.9 Å². The summed E-state index contributed by atoms with van der Waals surface area (Å²) in [6.07, 6.45) is -0.384. The molecule has 0 bridgehead atoms. The first kappa shape index (κ1) is 12.2. The van der Waals surface area contributed by atoms with Gasteiger partial charge >= 0.3 is 0 Å². The summed E-state index contributed by atoms with van der Waals surface area (Å²) in [5.41, 5.74) is 0.774. The van der Waals surface area contributed by atoms with Crippen LogP contribution in [-0.4, -0.2) is 11.9 Å². The highest BCUT2D eigenvalue weighted by molar-refractivity contribution is 9.11. The summed E-state index contributed by atoms with van der Waals surface area (Å²) in [6.45, 7) is 0. The van der Waals surface area contributed by atoms with Crippen LogP contribution in [0.15, 0.2) is 15.2 Å². The van der Waals surface area contributed by atoms with E-state index in [9.17, 15) is 19.8 Å². The number of carbonyl (C=O) groups excluding carboxylic acids is 2. The molecule has 0 aromatic carbocycles. The Morgan fingerprint density at radius 1 is 1.47 bits per heavy atom. The van der Waals surface area contributed by atoms with Gasteiger partial charge in [0.05, 0.1) is 3.79 Å². The summed E-state index contributed by atoms with van der Waals surface area (Å²) < 4.78 is 0.812. The molecule has 4 nitrogen and oxygen atoms in total. The summed E-state index contributed by atoms with van der Waals surface area (Å²) in [7, 11) is 0. The number of aliphatic carboxylic acids is 2. The Kier molecular flexibility index (Phi) is 4.28. The average molecular weight is 291 g/mol. The number of rotatable bonds is 5. The third kappa shape index (κ3) is 3.64. The van der Waals surface area contributed by atoms with E-state index < -0.39 is 24.3 Å². The molecule has 0 radical (unpaired) electrons. The number of thiophene rings is 1. The van der Waals surface area contributed by atoms with Crippen molar-refractivity contribution in [2.45, 2.75) is 12.8 Å². The fourth-order valence-corrected chi connectivity index (χ4v) is 2.44. The maximum absolute atomic E-state index is 10.7. The Morgan fingerprint density at radius 2 is 2.13 bits per heavy atom. The van der Waals surface area contributed by atoms with Crippen molar-refractivity contribution in [2.24, 2.45) is 5.92 Å². The highest BCUT2D eigenvalue weighted by atomic mass is 79.9. The topological polar surface area (TPSA) is 80.3 Å². The van der Waals surface area contributed by atoms with Crippen molar-refractivity contribution in [1.29, 1.82) is 0 Å². The molecule has 0 saturated carbocycles. The van der Waals surface area contributed by atoms with E-state index in [0.717, 1.165) is 9.35 Å². The molecule has 6 heteroatoms. The zero-order valence-electron chi connectivity index (χ0n) is 7.57. The van der Waals surface area contributed by atoms with Gasteiger partial charge in [-0.1, -0.05) is 0 Å². The molecule has 0 saturated heterocycles. The molecule has 1 unspecified atom stereocenters. The van der Waals surface area contributed by atoms with Gasteiger partial charge in [0, 0.05) is 17.9 Å². The van der Waals surface area contributed by atoms with Gasteiger partial charge in [0.25, 0.3) is 0 Å². The Labute approximate surface area is 98.7 Å². The number of carboxylic acids is 2. The van der Waals surface area contributed by atoms with Crippen LogP contribution in [0.4, 0.5) is 0 Å². The van der Waals surface area contributed by atoms with Gasteiger partial charge in [-0.05, 0) is 45.8 Å². The van der Waals surface area contributed by atoms with Crippen LogP contribution < -0.4 is 10.2 Å². The van der Waals surface area contributed by atoms with Gasteiger partial charge in [-0.3, -0.25) is 0 Å². The van der Waals surface area contributed by atoms with Crippen LogP contribution in [0, 0.1) is 5.92 Å². The molecular weight excluding hydrogens is 284 g/mol. The van der Waals surface area contributed by atoms with Crippen LogP contribution in [0.2, 0.25) is 0 Å². The van der Waals surface area contributed by atoms with Crippen LogP contribution in [0.25, 0.3) is 0 Å². The zero-order valence-corrected chi connectivity index (χ0v) is 9.97. The lowest BCUT2D eigenvalue weighted by molar-refractivity contribution is -0.320. The molecule has 1 aromatic rings. The predicted octanol–water partition coefficient (Wildman–Crippen LogP) is -0.441. The van der Waals surface area contributed by atoms with Crippen molar-refractivity contribution in [3.8, 4) is 0 Å². The molecule has 1 heterocycles. The fourth-order valence-electron chi connectivity index (χ4n) is 1.17. The number of hydrogen-bond acceptors (Lipinski definition) is 5. The molecule has 82 valence electrons. The minimum Gasteiger partial charge on any atom is -0.550 e. The van der Waals surface area contributed by atoms with E-state index in [4.69, 9.17) is 0 Å². The van der Waals surface area contributed by atoms with E-state index in [-0.39, 0.29) is 6.42 Å². The first-order chi connectivity index (χ1) is 7.00. The number of hydrogen-bond donors (Lipinski definition) is 0. The third-order valence-electron chi connectivity index (χ3n) is 1.91. The fraction of sp³-hybridized carbons (Fsp3) is 0.333. The number of halogens is 1. The average Bonchev–Trinajstić information content (AvgIpc) is 2.50. The van der Waals surface area contributed by atoms with Gasteiger partial charge in [0.1, 0.15) is 0 Å². The largest absolute Gasteiger partial charge is 0.550 e. The van der Waals surface area contributed by atoms with Crippen LogP contribution in [0.3, 0.4) is 0 Å². The van der Waals surface area contributed by atoms with Gasteiger partial charge in [0.2, 0.25) is 0 Å². The predicted molar refractivity (Wildman–Crippen MR) is 53.8 cm³/mol. The van der Waals surface area contributed by atoms with Gasteiger partial charge < -0.3 is 19.8 Å². The maximum atomic E-state index is 10.7. The number of carbonyl (C=O) groups is 2. The Hall–Kier alpha value is -0.880. The van der Waals surface area contributed by atoms with Gasteiger partial charge in [-0.2, -0.15) is 0 Å². The molecule has 1 rings (SSSR count). The Bertz CT molecular complexity index is 374. The molecule has 0 aliphatic heterocycles. The minimum atomic E-state index is -1.38. The molecule has 0 aliphatic rings. The first-order valence-electron chi connectivity index (χ1n) is 4.13. The van der Waals surface area contributed by atoms with Crippen molar-refractivity contribution in [1.82, 2.24) is 0 Å². The first-order valence-corrected chi connectivity index (χ1v) is 5.80. The highest BCUT2D eigenvalue weighted by Crippen LogP contribution is 2.26. The third-order valence-corrected chi connectivity index (χ3v) is 3.72. The lowest BCUT2D eigenvalue weighted by Crippen LogP contribution is -2.37. The molecule has 0 amide bonds. The van der Waals surface area contributed by atoms with Crippen LogP contribution >= 0.6 is 27.3 Å². The van der Waals surface area contributed by atoms with E-state index in [1.807, 2.05) is 0 Å². The van der Waals surface area contributed by atoms with E-state index in [0.29, 0.717) is 0 Å². The molecular formula is C9H7BrO4S-2. The normalized spacial score (nSPS) is 12.3. The SMILES string of the molecule is O=C([O-])CC(Cc1ccsc1Br)C(=O)[O-]. The van der Waals surface area contributed by atoms with Crippen molar-refractivity contribution >= 4 is 39.2 Å². The summed E-state index contributed by atoms with van der Waals surface area (Å²) in [4.78, 5) is 21.0. The lowest BCUT2D eigenvalue weighted by atomic mass is 9.98. The zero-order chi connectivity index (χ0) is 11.4. The second kappa shape index (κ2) is 5.27. The molecule has 0 spiro atoms. The Balaban J connectivity index is 2.71. The smallest absolute Gasteiger partial charge is 0.0730 e. The van der Waals surface area contributed by atoms with Gasteiger partial charge in [-0.15, -0.1) is 11.3 Å². The summed E-state index contributed by atoms with van der Waals surface area (Å²) in [5, 5.41) is 22.8. The van der Waals surface area contributed by atoms with E-state index >= 15 is 0 Å². The molecule has 0 fully saturated rings. The second-order valence-electron chi connectivity index (χ2n) is 3.02. The molecule has 0 aliphatic carbocycles. The highest BCUT2D eigenvalue weighted by Gasteiger charge is 2.13. The molecule has 1 atom stereocenters. The summed E-state index contributed by atoms with van der Waals surface area (Å²) in [6, 6.07) is 1.75. The van der Waals surface area contributed by atoms with Crippen LogP contribution in [0.5, 0.6) is 0 Å². The minimum absolute atomic E-state index is 0.139. The van der Waals surface area contributed by atoms with Crippen LogP contribution in [0.1, 0.15) is 12.0 Å². The van der Waals surface area contributed by atoms with Crippen LogP contribution in [-0.2, 0) is 16.0 Å². The van der Waals surface area contributed by atoms with Gasteiger partial charge in [-0.25, -0.2) is 0 Å². The molecule has 15 heavy (non-hydrogen) atoms. The van der Waals surface area contributed by atoms with Crippen molar-refractivity contribution < 1.29 is 19.8 Å². The summed E-state index contributed by atoms with van der Waals surface area (Å²) in [5.74, 6) is -3.78. The molecule has 0 N–H and O–H groups in total. The monoisotopic (exact) mass is 290 g/mol. The standard InChI is InChI=1S/C9H9BrO4S/c10-8-5(1-2-15-8)3-6(9(13)14)4-7(11)12/h1-2,6H,3-4H2,(H,11,12)(H,13,14)/p-2. The van der Waals surface area contributed by atoms with E-state index in [1.165, 1.54) is 11.3 Å². The van der Waals surface area contributed by atoms with Crippen molar-refractivity contribution in [2.75, 3.05) is 0 Å². The Morgan fingerprint density at radius 3 is 2.53 bits per heavy atom. The quantitative estimate of drug-likeness (QED) is 0.736. The molecule has 1 aromatic heterocycles. The van der Waals surface area contributed by atoms with E-state index in [1.54, 1.807) is 11.4 Å². The summed E-state index contributed by atoms with van der Waals surface area (Å²) >= 11 is 4.67. The van der Waals surface area contributed by atoms with Crippen molar-refractivity contribution in [3.63, 3.8) is 0 Å². The van der Waals surface area contributed by atoms with Crippen molar-refractivity contribution in [3.05, 3.63) is 20.8 Å². The number of carboxylic acid groups (broad SMARTS) is 2. The lowest BCUT2D eigenvalue weighted by Gasteiger charge is -2.17. The van der Waals surface area contributed by atoms with Gasteiger partial charge in [0.15, 0.2) is 0 Å². The maximum Gasteiger partial charge on any atom is 0.0730 e. The second-order valence-corrected chi connectivity index (χ2v) is 5.25.